The average Bonchev–Trinajstić information content (AvgIpc) is 2.04. The van der Waals surface area contributed by atoms with E-state index in [0.717, 1.165) is 15.1 Å². The van der Waals surface area contributed by atoms with Crippen LogP contribution in [0.1, 0.15) is 6.92 Å². The molecule has 0 aromatic heterocycles. The van der Waals surface area contributed by atoms with E-state index >= 15 is 0 Å². The van der Waals surface area contributed by atoms with E-state index in [-0.39, 0.29) is 15.0 Å². The van der Waals surface area contributed by atoms with Gasteiger partial charge in [0.05, 0.1) is 0 Å². The van der Waals surface area contributed by atoms with E-state index in [1.54, 1.807) is 6.92 Å². The van der Waals surface area contributed by atoms with Crippen molar-refractivity contribution in [2.75, 3.05) is 0 Å². The van der Waals surface area contributed by atoms with Gasteiger partial charge in [-0.25, -0.2) is 0 Å². The zero-order chi connectivity index (χ0) is 9.68. The Hall–Kier alpha value is -1.12. The Morgan fingerprint density at radius 1 is 1.46 bits per heavy atom. The Morgan fingerprint density at radius 3 is 2.62 bits per heavy atom. The molecular weight excluding hydrogens is 233 g/mol. The molecule has 0 amide bonds. The Balaban J connectivity index is 2.65. The standard InChI is InChI=1S/C9H9NO2Se/c1-8(7-10(11)12)13-9-5-3-2-4-6-9/h2-7H,1H3/b8-7-. The first-order chi connectivity index (χ1) is 6.18. The first-order valence-corrected chi connectivity index (χ1v) is 5.44. The third-order valence-electron chi connectivity index (χ3n) is 1.31. The maximum atomic E-state index is 10.1. The summed E-state index contributed by atoms with van der Waals surface area (Å²) in [5, 5.41) is 10.1. The van der Waals surface area contributed by atoms with Gasteiger partial charge in [0, 0.05) is 0 Å². The number of rotatable bonds is 3. The van der Waals surface area contributed by atoms with Crippen LogP contribution in [0.5, 0.6) is 0 Å². The van der Waals surface area contributed by atoms with Crippen LogP contribution in [-0.4, -0.2) is 19.9 Å². The molecule has 0 bridgehead atoms. The van der Waals surface area contributed by atoms with Crippen LogP contribution in [0.2, 0.25) is 0 Å². The minimum absolute atomic E-state index is 0.0777. The first-order valence-electron chi connectivity index (χ1n) is 3.73. The number of allylic oxidation sites excluding steroid dienone is 1. The van der Waals surface area contributed by atoms with Crippen LogP contribution < -0.4 is 4.46 Å². The quantitative estimate of drug-likeness (QED) is 0.453. The molecule has 0 fully saturated rings. The molecule has 4 heteroatoms. The van der Waals surface area contributed by atoms with Gasteiger partial charge in [-0.1, -0.05) is 0 Å². The van der Waals surface area contributed by atoms with Crippen LogP contribution in [0.25, 0.3) is 0 Å². The number of nitro groups is 1. The molecule has 0 aliphatic heterocycles. The van der Waals surface area contributed by atoms with Gasteiger partial charge in [-0.3, -0.25) is 0 Å². The predicted molar refractivity (Wildman–Crippen MR) is 52.6 cm³/mol. The molecule has 0 saturated heterocycles. The summed E-state index contributed by atoms with van der Waals surface area (Å²) in [5.74, 6) is 0. The Kier molecular flexibility index (Phi) is 3.68. The van der Waals surface area contributed by atoms with Crippen LogP contribution >= 0.6 is 0 Å². The second kappa shape index (κ2) is 4.80. The molecule has 0 saturated carbocycles. The summed E-state index contributed by atoms with van der Waals surface area (Å²) in [4.78, 5) is 9.74. The minimum atomic E-state index is -0.403. The fraction of sp³-hybridized carbons (Fsp3) is 0.111. The van der Waals surface area contributed by atoms with Crippen LogP contribution in [0, 0.1) is 10.1 Å². The van der Waals surface area contributed by atoms with Crippen molar-refractivity contribution in [3.05, 3.63) is 51.1 Å². The van der Waals surface area contributed by atoms with E-state index in [0.29, 0.717) is 0 Å². The van der Waals surface area contributed by atoms with E-state index in [4.69, 9.17) is 0 Å². The first kappa shape index (κ1) is 9.96. The zero-order valence-corrected chi connectivity index (χ0v) is 8.85. The Bertz CT molecular complexity index is 322. The van der Waals surface area contributed by atoms with Crippen molar-refractivity contribution in [2.45, 2.75) is 6.92 Å². The summed E-state index contributed by atoms with van der Waals surface area (Å²) in [6.07, 6.45) is 1.08. The maximum absolute atomic E-state index is 10.1. The molecule has 13 heavy (non-hydrogen) atoms. The van der Waals surface area contributed by atoms with Crippen LogP contribution in [-0.2, 0) is 0 Å². The number of hydrogen-bond acceptors (Lipinski definition) is 2. The van der Waals surface area contributed by atoms with Crippen molar-refractivity contribution in [2.24, 2.45) is 0 Å². The van der Waals surface area contributed by atoms with Gasteiger partial charge in [0.25, 0.3) is 0 Å². The van der Waals surface area contributed by atoms with Gasteiger partial charge in [-0.2, -0.15) is 0 Å². The summed E-state index contributed by atoms with van der Waals surface area (Å²) in [6.45, 7) is 1.79. The number of benzene rings is 1. The SMILES string of the molecule is C/C(=C/[N+](=O)[O-])[Se]c1ccccc1. The summed E-state index contributed by atoms with van der Waals surface area (Å²) in [7, 11) is 0. The van der Waals surface area contributed by atoms with Gasteiger partial charge in [-0.05, 0) is 0 Å². The molecule has 0 aliphatic carbocycles. The third kappa shape index (κ3) is 3.87. The van der Waals surface area contributed by atoms with Crippen LogP contribution in [0.15, 0.2) is 41.0 Å². The Labute approximate surface area is 82.8 Å². The monoisotopic (exact) mass is 243 g/mol. The van der Waals surface area contributed by atoms with Crippen molar-refractivity contribution < 1.29 is 4.92 Å². The molecule has 0 N–H and O–H groups in total. The molecule has 0 unspecified atom stereocenters. The van der Waals surface area contributed by atoms with Crippen molar-refractivity contribution in [1.29, 1.82) is 0 Å². The van der Waals surface area contributed by atoms with E-state index in [1.807, 2.05) is 30.3 Å². The predicted octanol–water partition coefficient (Wildman–Crippen LogP) is 1.15. The van der Waals surface area contributed by atoms with Crippen LogP contribution in [0.3, 0.4) is 0 Å². The second-order valence-electron chi connectivity index (χ2n) is 2.44. The average molecular weight is 242 g/mol. The molecule has 1 aromatic carbocycles. The fourth-order valence-corrected chi connectivity index (χ4v) is 2.54. The van der Waals surface area contributed by atoms with Gasteiger partial charge < -0.3 is 0 Å². The molecule has 1 rings (SSSR count). The third-order valence-corrected chi connectivity index (χ3v) is 3.27. The number of hydrogen-bond donors (Lipinski definition) is 0. The van der Waals surface area contributed by atoms with Gasteiger partial charge in [0.15, 0.2) is 0 Å². The summed E-state index contributed by atoms with van der Waals surface area (Å²) in [6, 6.07) is 9.79. The van der Waals surface area contributed by atoms with Gasteiger partial charge in [0.2, 0.25) is 0 Å². The van der Waals surface area contributed by atoms with Crippen molar-refractivity contribution in [1.82, 2.24) is 0 Å². The summed E-state index contributed by atoms with van der Waals surface area (Å²) in [5.41, 5.74) is 0. The van der Waals surface area contributed by atoms with E-state index in [9.17, 15) is 10.1 Å². The van der Waals surface area contributed by atoms with Crippen LogP contribution in [0.4, 0.5) is 0 Å². The molecule has 0 spiro atoms. The van der Waals surface area contributed by atoms with Crippen molar-refractivity contribution in [3.63, 3.8) is 0 Å². The van der Waals surface area contributed by atoms with E-state index in [2.05, 4.69) is 0 Å². The normalized spacial score (nSPS) is 11.3. The zero-order valence-electron chi connectivity index (χ0n) is 7.14. The van der Waals surface area contributed by atoms with Crippen molar-refractivity contribution >= 4 is 19.4 Å². The topological polar surface area (TPSA) is 43.1 Å². The van der Waals surface area contributed by atoms with Gasteiger partial charge >= 0.3 is 82.4 Å². The molecular formula is C9H9NO2Se. The summed E-state index contributed by atoms with van der Waals surface area (Å²) < 4.78 is 1.98. The number of nitrogens with zero attached hydrogens (tertiary/aromatic N) is 1. The second-order valence-corrected chi connectivity index (χ2v) is 5.21. The van der Waals surface area contributed by atoms with Crippen molar-refractivity contribution in [3.8, 4) is 0 Å². The molecule has 0 aliphatic rings. The molecule has 68 valence electrons. The molecule has 1 aromatic rings. The molecule has 0 heterocycles. The molecule has 0 radical (unpaired) electrons. The summed E-state index contributed by atoms with van der Waals surface area (Å²) >= 11 is 0.0777. The fourth-order valence-electron chi connectivity index (χ4n) is 0.849. The molecule has 3 nitrogen and oxygen atoms in total. The van der Waals surface area contributed by atoms with Gasteiger partial charge in [0.1, 0.15) is 0 Å². The van der Waals surface area contributed by atoms with E-state index in [1.165, 1.54) is 0 Å². The van der Waals surface area contributed by atoms with Gasteiger partial charge in [-0.15, -0.1) is 0 Å². The molecule has 0 atom stereocenters. The van der Waals surface area contributed by atoms with E-state index < -0.39 is 4.92 Å². The Morgan fingerprint density at radius 2 is 2.08 bits per heavy atom.